The molecule has 0 saturated carbocycles. The van der Waals surface area contributed by atoms with Crippen LogP contribution in [-0.2, 0) is 0 Å². The van der Waals surface area contributed by atoms with Gasteiger partial charge in [0.25, 0.3) is 0 Å². The van der Waals surface area contributed by atoms with E-state index in [1.165, 1.54) is 17.4 Å². The van der Waals surface area contributed by atoms with Crippen molar-refractivity contribution in [1.82, 2.24) is 0 Å². The molecule has 0 spiro atoms. The summed E-state index contributed by atoms with van der Waals surface area (Å²) in [4.78, 5) is 0.707. The van der Waals surface area contributed by atoms with Crippen molar-refractivity contribution in [3.05, 3.63) is 51.4 Å². The Balaban J connectivity index is 2.29. The van der Waals surface area contributed by atoms with Gasteiger partial charge in [0.05, 0.1) is 9.49 Å². The Morgan fingerprint density at radius 3 is 2.63 bits per heavy atom. The molecule has 5 heteroatoms. The number of rotatable bonds is 5. The minimum Gasteiger partial charge on any atom is -0.490 e. The minimum absolute atomic E-state index is 0.0608. The van der Waals surface area contributed by atoms with Gasteiger partial charge in [0.1, 0.15) is 0 Å². The molecule has 100 valence electrons. The van der Waals surface area contributed by atoms with Gasteiger partial charge in [0.2, 0.25) is 5.82 Å². The van der Waals surface area contributed by atoms with Crippen molar-refractivity contribution in [2.75, 3.05) is 6.61 Å². The van der Waals surface area contributed by atoms with Crippen molar-refractivity contribution in [2.45, 2.75) is 6.42 Å². The lowest BCUT2D eigenvalue weighted by molar-refractivity contribution is 0.302. The second kappa shape index (κ2) is 6.47. The molecule has 19 heavy (non-hydrogen) atoms. The van der Waals surface area contributed by atoms with Crippen LogP contribution in [0.5, 0.6) is 5.75 Å². The van der Waals surface area contributed by atoms with Crippen LogP contribution >= 0.6 is 33.9 Å². The normalized spacial score (nSPS) is 10.5. The summed E-state index contributed by atoms with van der Waals surface area (Å²) in [6, 6.07) is 6.65. The van der Waals surface area contributed by atoms with Gasteiger partial charge in [0, 0.05) is 10.4 Å². The van der Waals surface area contributed by atoms with Crippen LogP contribution in [0.1, 0.15) is 6.42 Å². The Morgan fingerprint density at radius 1 is 1.21 bits per heavy atom. The molecule has 1 aromatic heterocycles. The first-order valence-electron chi connectivity index (χ1n) is 5.61. The smallest absolute Gasteiger partial charge is 0.201 e. The first kappa shape index (κ1) is 14.5. The van der Waals surface area contributed by atoms with Crippen LogP contribution in [0.25, 0.3) is 10.4 Å². The van der Waals surface area contributed by atoms with Gasteiger partial charge >= 0.3 is 0 Å². The van der Waals surface area contributed by atoms with Crippen molar-refractivity contribution >= 4 is 33.9 Å². The number of hydrogen-bond acceptors (Lipinski definition) is 2. The lowest BCUT2D eigenvalue weighted by Crippen LogP contribution is -2.00. The first-order valence-corrected chi connectivity index (χ1v) is 7.50. The lowest BCUT2D eigenvalue weighted by atomic mass is 10.1. The summed E-state index contributed by atoms with van der Waals surface area (Å²) >= 11 is 3.56. The molecular formula is C14H11F2IOS. The van der Waals surface area contributed by atoms with Crippen LogP contribution in [0.4, 0.5) is 8.78 Å². The Labute approximate surface area is 128 Å². The molecule has 0 unspecified atom stereocenters. The molecule has 0 aliphatic rings. The lowest BCUT2D eigenvalue weighted by Gasteiger charge is -2.08. The van der Waals surface area contributed by atoms with Crippen molar-refractivity contribution in [3.63, 3.8) is 0 Å². The van der Waals surface area contributed by atoms with E-state index in [0.717, 1.165) is 2.88 Å². The average Bonchev–Trinajstić information content (AvgIpc) is 2.81. The predicted octanol–water partition coefficient (Wildman–Crippen LogP) is 5.25. The summed E-state index contributed by atoms with van der Waals surface area (Å²) in [5, 5.41) is 0. The van der Waals surface area contributed by atoms with E-state index in [9.17, 15) is 8.78 Å². The largest absolute Gasteiger partial charge is 0.490 e. The van der Waals surface area contributed by atoms with E-state index in [1.54, 1.807) is 18.2 Å². The average molecular weight is 392 g/mol. The third kappa shape index (κ3) is 3.33. The molecule has 1 aromatic carbocycles. The van der Waals surface area contributed by atoms with Crippen molar-refractivity contribution in [2.24, 2.45) is 0 Å². The third-order valence-corrected chi connectivity index (χ3v) is 4.39. The van der Waals surface area contributed by atoms with E-state index in [-0.39, 0.29) is 17.9 Å². The monoisotopic (exact) mass is 392 g/mol. The number of thiophene rings is 1. The van der Waals surface area contributed by atoms with Gasteiger partial charge in [-0.15, -0.1) is 17.9 Å². The maximum Gasteiger partial charge on any atom is 0.201 e. The van der Waals surface area contributed by atoms with Crippen LogP contribution in [0.2, 0.25) is 0 Å². The molecule has 0 saturated heterocycles. The quantitative estimate of drug-likeness (QED) is 0.384. The minimum atomic E-state index is -0.940. The summed E-state index contributed by atoms with van der Waals surface area (Å²) in [5.41, 5.74) is 0.265. The highest BCUT2D eigenvalue weighted by Gasteiger charge is 2.16. The van der Waals surface area contributed by atoms with Gasteiger partial charge in [0.15, 0.2) is 11.6 Å². The van der Waals surface area contributed by atoms with Crippen LogP contribution in [0, 0.1) is 14.5 Å². The standard InChI is InChI=1S/C14H11F2IOS/c1-2-3-8-18-10-5-4-9(13(15)14(10)16)11-6-7-12(17)19-11/h2,4-7H,1,3,8H2. The van der Waals surface area contributed by atoms with Crippen LogP contribution < -0.4 is 4.74 Å². The zero-order valence-corrected chi connectivity index (χ0v) is 12.9. The fraction of sp³-hybridized carbons (Fsp3) is 0.143. The van der Waals surface area contributed by atoms with Gasteiger partial charge in [-0.3, -0.25) is 0 Å². The van der Waals surface area contributed by atoms with E-state index < -0.39 is 11.6 Å². The molecule has 0 radical (unpaired) electrons. The van der Waals surface area contributed by atoms with Crippen LogP contribution in [0.15, 0.2) is 36.9 Å². The summed E-state index contributed by atoms with van der Waals surface area (Å²) in [7, 11) is 0. The van der Waals surface area contributed by atoms with Gasteiger partial charge in [-0.1, -0.05) is 6.08 Å². The topological polar surface area (TPSA) is 9.23 Å². The molecule has 1 nitrogen and oxygen atoms in total. The summed E-state index contributed by atoms with van der Waals surface area (Å²) in [5.74, 6) is -1.87. The molecule has 0 amide bonds. The fourth-order valence-corrected chi connectivity index (χ4v) is 3.19. The van der Waals surface area contributed by atoms with Crippen molar-refractivity contribution in [1.29, 1.82) is 0 Å². The van der Waals surface area contributed by atoms with Crippen molar-refractivity contribution in [3.8, 4) is 16.2 Å². The number of halogens is 3. The molecule has 0 N–H and O–H groups in total. The Kier molecular flexibility index (Phi) is 4.93. The Hall–Kier alpha value is -0.950. The van der Waals surface area contributed by atoms with E-state index in [4.69, 9.17) is 4.74 Å². The molecule has 1 heterocycles. The molecule has 0 fully saturated rings. The molecule has 2 aromatic rings. The maximum atomic E-state index is 14.0. The maximum absolute atomic E-state index is 14.0. The molecule has 0 bridgehead atoms. The van der Waals surface area contributed by atoms with Gasteiger partial charge in [-0.05, 0) is 53.3 Å². The zero-order chi connectivity index (χ0) is 13.8. The Morgan fingerprint density at radius 2 is 2.00 bits per heavy atom. The summed E-state index contributed by atoms with van der Waals surface area (Å²) in [6.07, 6.45) is 2.25. The number of ether oxygens (including phenoxy) is 1. The predicted molar refractivity (Wildman–Crippen MR) is 82.7 cm³/mol. The van der Waals surface area contributed by atoms with Crippen molar-refractivity contribution < 1.29 is 13.5 Å². The SMILES string of the molecule is C=CCCOc1ccc(-c2ccc(I)s2)c(F)c1F. The first-order chi connectivity index (χ1) is 9.13. The van der Waals surface area contributed by atoms with E-state index in [0.29, 0.717) is 11.3 Å². The van der Waals surface area contributed by atoms with Gasteiger partial charge < -0.3 is 4.74 Å². The van der Waals surface area contributed by atoms with Gasteiger partial charge in [-0.2, -0.15) is 4.39 Å². The van der Waals surface area contributed by atoms with E-state index in [1.807, 2.05) is 6.07 Å². The molecule has 0 aliphatic heterocycles. The molecule has 2 rings (SSSR count). The molecular weight excluding hydrogens is 381 g/mol. The van der Waals surface area contributed by atoms with Crippen LogP contribution in [-0.4, -0.2) is 6.61 Å². The van der Waals surface area contributed by atoms with Gasteiger partial charge in [-0.25, -0.2) is 4.39 Å². The molecule has 0 atom stereocenters. The van der Waals surface area contributed by atoms with E-state index in [2.05, 4.69) is 29.2 Å². The second-order valence-electron chi connectivity index (χ2n) is 3.77. The number of benzene rings is 1. The van der Waals surface area contributed by atoms with E-state index >= 15 is 0 Å². The van der Waals surface area contributed by atoms with Crippen LogP contribution in [0.3, 0.4) is 0 Å². The highest BCUT2D eigenvalue weighted by molar-refractivity contribution is 14.1. The highest BCUT2D eigenvalue weighted by atomic mass is 127. The Bertz CT molecular complexity index is 595. The highest BCUT2D eigenvalue weighted by Crippen LogP contribution is 2.34. The fourth-order valence-electron chi connectivity index (χ4n) is 1.54. The third-order valence-electron chi connectivity index (χ3n) is 2.47. The molecule has 0 aliphatic carbocycles. The summed E-state index contributed by atoms with van der Waals surface area (Å²) < 4.78 is 34.1. The zero-order valence-electron chi connectivity index (χ0n) is 9.96. The second-order valence-corrected chi connectivity index (χ2v) is 6.75. The summed E-state index contributed by atoms with van der Waals surface area (Å²) in [6.45, 7) is 3.83. The number of hydrogen-bond donors (Lipinski definition) is 0.